The SMILES string of the molecule is CCCC[C@@H](C(=O)OCC(=O)Nc1cc(Cl)c(Br)cc1C)N1C(=O)c2ccccc2C1=O. The monoisotopic (exact) mass is 520 g/mol. The minimum absolute atomic E-state index is 0.254. The topological polar surface area (TPSA) is 92.8 Å². The van der Waals surface area contributed by atoms with Crippen molar-refractivity contribution in [1.29, 1.82) is 0 Å². The first-order chi connectivity index (χ1) is 15.2. The van der Waals surface area contributed by atoms with E-state index >= 15 is 0 Å². The Morgan fingerprint density at radius 1 is 1.16 bits per heavy atom. The Kier molecular flexibility index (Phi) is 7.69. The number of hydrogen-bond acceptors (Lipinski definition) is 5. The van der Waals surface area contributed by atoms with Crippen LogP contribution in [0.2, 0.25) is 5.02 Å². The third-order valence-electron chi connectivity index (χ3n) is 5.13. The van der Waals surface area contributed by atoms with Crippen molar-refractivity contribution in [3.63, 3.8) is 0 Å². The molecule has 1 atom stereocenters. The van der Waals surface area contributed by atoms with Crippen LogP contribution in [-0.2, 0) is 14.3 Å². The van der Waals surface area contributed by atoms with Crippen molar-refractivity contribution < 1.29 is 23.9 Å². The number of benzene rings is 2. The highest BCUT2D eigenvalue weighted by molar-refractivity contribution is 9.10. The molecule has 1 aliphatic rings. The number of imide groups is 1. The number of anilines is 1. The van der Waals surface area contributed by atoms with Gasteiger partial charge >= 0.3 is 5.97 Å². The van der Waals surface area contributed by atoms with Crippen molar-refractivity contribution >= 4 is 56.9 Å². The highest BCUT2D eigenvalue weighted by Crippen LogP contribution is 2.29. The number of hydrogen-bond donors (Lipinski definition) is 1. The summed E-state index contributed by atoms with van der Waals surface area (Å²) in [5, 5.41) is 3.07. The number of nitrogens with zero attached hydrogens (tertiary/aromatic N) is 1. The van der Waals surface area contributed by atoms with Gasteiger partial charge in [0.05, 0.1) is 16.1 Å². The van der Waals surface area contributed by atoms with E-state index < -0.39 is 36.3 Å². The lowest BCUT2D eigenvalue weighted by molar-refractivity contribution is -0.151. The van der Waals surface area contributed by atoms with E-state index in [0.29, 0.717) is 21.6 Å². The summed E-state index contributed by atoms with van der Waals surface area (Å²) in [5.41, 5.74) is 1.77. The van der Waals surface area contributed by atoms with Crippen LogP contribution in [0.15, 0.2) is 40.9 Å². The Hall–Kier alpha value is -2.71. The number of unbranched alkanes of at least 4 members (excludes halogenated alkanes) is 1. The smallest absolute Gasteiger partial charge is 0.329 e. The van der Waals surface area contributed by atoms with Crippen LogP contribution < -0.4 is 5.32 Å². The zero-order valence-electron chi connectivity index (χ0n) is 17.6. The first-order valence-electron chi connectivity index (χ1n) is 10.1. The van der Waals surface area contributed by atoms with Gasteiger partial charge in [0, 0.05) is 10.2 Å². The number of nitrogens with one attached hydrogen (secondary N) is 1. The van der Waals surface area contributed by atoms with E-state index in [0.717, 1.165) is 16.9 Å². The maximum absolute atomic E-state index is 12.8. The van der Waals surface area contributed by atoms with Crippen molar-refractivity contribution in [3.05, 3.63) is 62.6 Å². The van der Waals surface area contributed by atoms with Crippen LogP contribution >= 0.6 is 27.5 Å². The minimum Gasteiger partial charge on any atom is -0.454 e. The Morgan fingerprint density at radius 3 is 2.38 bits per heavy atom. The molecule has 0 saturated carbocycles. The predicted octanol–water partition coefficient (Wildman–Crippen LogP) is 4.75. The molecule has 0 spiro atoms. The fourth-order valence-electron chi connectivity index (χ4n) is 3.44. The average molecular weight is 522 g/mol. The number of rotatable bonds is 8. The number of ether oxygens (including phenoxy) is 1. The minimum atomic E-state index is -1.10. The maximum Gasteiger partial charge on any atom is 0.329 e. The number of aryl methyl sites for hydroxylation is 1. The molecule has 0 radical (unpaired) electrons. The van der Waals surface area contributed by atoms with Crippen LogP contribution in [0, 0.1) is 6.92 Å². The molecule has 2 aromatic carbocycles. The molecule has 0 aliphatic carbocycles. The van der Waals surface area contributed by atoms with Crippen LogP contribution in [-0.4, -0.2) is 41.2 Å². The summed E-state index contributed by atoms with van der Waals surface area (Å²) in [7, 11) is 0. The first kappa shape index (κ1) is 23.9. The fraction of sp³-hybridized carbons (Fsp3) is 0.304. The van der Waals surface area contributed by atoms with E-state index in [1.807, 2.05) is 6.92 Å². The number of carbonyl (C=O) groups is 4. The Balaban J connectivity index is 1.69. The zero-order valence-corrected chi connectivity index (χ0v) is 20.0. The second-order valence-corrected chi connectivity index (χ2v) is 8.68. The second kappa shape index (κ2) is 10.3. The molecule has 168 valence electrons. The summed E-state index contributed by atoms with van der Waals surface area (Å²) in [6.07, 6.45) is 1.62. The van der Waals surface area contributed by atoms with Crippen molar-refractivity contribution in [2.45, 2.75) is 39.2 Å². The van der Waals surface area contributed by atoms with Crippen molar-refractivity contribution in [3.8, 4) is 0 Å². The quantitative estimate of drug-likeness (QED) is 0.400. The van der Waals surface area contributed by atoms with Crippen molar-refractivity contribution in [1.82, 2.24) is 4.90 Å². The second-order valence-electron chi connectivity index (χ2n) is 7.42. The highest BCUT2D eigenvalue weighted by Gasteiger charge is 2.43. The molecule has 0 saturated heterocycles. The van der Waals surface area contributed by atoms with Gasteiger partial charge in [0.15, 0.2) is 6.61 Å². The normalized spacial score (nSPS) is 13.7. The molecule has 1 aliphatic heterocycles. The summed E-state index contributed by atoms with van der Waals surface area (Å²) >= 11 is 9.38. The summed E-state index contributed by atoms with van der Waals surface area (Å²) in [6, 6.07) is 8.67. The molecular weight excluding hydrogens is 500 g/mol. The standard InChI is InChI=1S/C23H22BrClN2O5/c1-3-4-9-19(27-21(29)14-7-5-6-8-15(14)22(27)30)23(31)32-12-20(28)26-18-11-17(25)16(24)10-13(18)2/h5-8,10-11,19H,3-4,9,12H2,1-2H3,(H,26,28)/t19-/m0/s1. The van der Waals surface area contributed by atoms with Gasteiger partial charge in [-0.15, -0.1) is 0 Å². The Bertz CT molecular complexity index is 1050. The van der Waals surface area contributed by atoms with Crippen LogP contribution in [0.1, 0.15) is 52.5 Å². The van der Waals surface area contributed by atoms with Crippen LogP contribution in [0.5, 0.6) is 0 Å². The highest BCUT2D eigenvalue weighted by atomic mass is 79.9. The largest absolute Gasteiger partial charge is 0.454 e. The molecule has 7 nitrogen and oxygen atoms in total. The number of carbonyl (C=O) groups excluding carboxylic acids is 4. The number of amides is 3. The van der Waals surface area contributed by atoms with Gasteiger partial charge in [-0.05, 0) is 59.1 Å². The van der Waals surface area contributed by atoms with E-state index in [-0.39, 0.29) is 17.5 Å². The predicted molar refractivity (Wildman–Crippen MR) is 124 cm³/mol. The summed E-state index contributed by atoms with van der Waals surface area (Å²) in [5.74, 6) is -2.42. The molecule has 0 fully saturated rings. The molecule has 2 aromatic rings. The summed E-state index contributed by atoms with van der Waals surface area (Å²) in [6.45, 7) is 3.17. The van der Waals surface area contributed by atoms with Crippen LogP contribution in [0.25, 0.3) is 0 Å². The Labute approximate surface area is 199 Å². The molecule has 0 bridgehead atoms. The Morgan fingerprint density at radius 2 is 1.78 bits per heavy atom. The summed E-state index contributed by atoms with van der Waals surface area (Å²) < 4.78 is 5.89. The van der Waals surface area contributed by atoms with E-state index in [2.05, 4.69) is 21.2 Å². The van der Waals surface area contributed by atoms with Gasteiger partial charge in [-0.25, -0.2) is 4.79 Å². The number of fused-ring (bicyclic) bond motifs is 1. The lowest BCUT2D eigenvalue weighted by Gasteiger charge is -2.24. The molecule has 3 rings (SSSR count). The van der Waals surface area contributed by atoms with E-state index in [1.165, 1.54) is 0 Å². The molecule has 9 heteroatoms. The first-order valence-corrected chi connectivity index (χ1v) is 11.3. The summed E-state index contributed by atoms with van der Waals surface area (Å²) in [4.78, 5) is 51.7. The van der Waals surface area contributed by atoms with E-state index in [9.17, 15) is 19.2 Å². The number of esters is 1. The lowest BCUT2D eigenvalue weighted by Crippen LogP contribution is -2.46. The third kappa shape index (κ3) is 5.02. The maximum atomic E-state index is 12.8. The van der Waals surface area contributed by atoms with Crippen LogP contribution in [0.3, 0.4) is 0 Å². The van der Waals surface area contributed by atoms with Crippen LogP contribution in [0.4, 0.5) is 5.69 Å². The van der Waals surface area contributed by atoms with Crippen molar-refractivity contribution in [2.24, 2.45) is 0 Å². The van der Waals surface area contributed by atoms with Gasteiger partial charge in [-0.2, -0.15) is 0 Å². The van der Waals surface area contributed by atoms with Gasteiger partial charge in [0.2, 0.25) is 0 Å². The van der Waals surface area contributed by atoms with E-state index in [4.69, 9.17) is 16.3 Å². The lowest BCUT2D eigenvalue weighted by atomic mass is 10.1. The zero-order chi connectivity index (χ0) is 23.4. The molecule has 0 aromatic heterocycles. The fourth-order valence-corrected chi connectivity index (χ4v) is 4.06. The van der Waals surface area contributed by atoms with E-state index in [1.54, 1.807) is 43.3 Å². The molecule has 1 N–H and O–H groups in total. The van der Waals surface area contributed by atoms with Gasteiger partial charge in [-0.3, -0.25) is 19.3 Å². The van der Waals surface area contributed by atoms with Gasteiger partial charge in [0.25, 0.3) is 17.7 Å². The average Bonchev–Trinajstić information content (AvgIpc) is 3.02. The van der Waals surface area contributed by atoms with Gasteiger partial charge < -0.3 is 10.1 Å². The molecule has 0 unspecified atom stereocenters. The van der Waals surface area contributed by atoms with Crippen molar-refractivity contribution in [2.75, 3.05) is 11.9 Å². The molecule has 32 heavy (non-hydrogen) atoms. The molecule has 1 heterocycles. The van der Waals surface area contributed by atoms with Gasteiger partial charge in [-0.1, -0.05) is 43.5 Å². The molecular formula is C23H22BrClN2O5. The van der Waals surface area contributed by atoms with Gasteiger partial charge in [0.1, 0.15) is 6.04 Å². The molecule has 3 amide bonds. The number of halogens is 2. The third-order valence-corrected chi connectivity index (χ3v) is 6.32.